The number of halogens is 1. The number of alkyl halides is 1. The van der Waals surface area contributed by atoms with Gasteiger partial charge in [-0.15, -0.1) is 0 Å². The number of nitrogens with two attached hydrogens (primary N) is 1. The molecule has 0 radical (unpaired) electrons. The van der Waals surface area contributed by atoms with Crippen LogP contribution in [0.1, 0.15) is 5.69 Å². The number of aromatic nitrogens is 1. The first-order chi connectivity index (χ1) is 4.33. The molecule has 0 atom stereocenters. The molecule has 0 saturated heterocycles. The molecule has 0 aliphatic carbocycles. The Balaban J connectivity index is 2.94. The highest BCUT2D eigenvalue weighted by molar-refractivity contribution is 9.08. The largest absolute Gasteiger partial charge is 0.384 e. The van der Waals surface area contributed by atoms with E-state index in [0.717, 1.165) is 11.0 Å². The smallest absolute Gasteiger partial charge is 0.123 e. The quantitative estimate of drug-likeness (QED) is 0.677. The molecule has 0 aromatic carbocycles. The van der Waals surface area contributed by atoms with Crippen LogP contribution >= 0.6 is 15.9 Å². The number of rotatable bonds is 1. The molecule has 0 saturated carbocycles. The molecule has 2 nitrogen and oxygen atoms in total. The molecule has 1 aromatic rings. The van der Waals surface area contributed by atoms with E-state index < -0.39 is 0 Å². The van der Waals surface area contributed by atoms with Crippen LogP contribution < -0.4 is 5.73 Å². The second-order valence-corrected chi connectivity index (χ2v) is 2.25. The maximum Gasteiger partial charge on any atom is 0.123 e. The van der Waals surface area contributed by atoms with Crippen molar-refractivity contribution in [2.45, 2.75) is 5.33 Å². The van der Waals surface area contributed by atoms with Gasteiger partial charge in [-0.25, -0.2) is 4.98 Å². The zero-order valence-electron chi connectivity index (χ0n) is 4.84. The summed E-state index contributed by atoms with van der Waals surface area (Å²) in [6, 6.07) is 5.58. The van der Waals surface area contributed by atoms with Crippen molar-refractivity contribution in [2.24, 2.45) is 0 Å². The highest BCUT2D eigenvalue weighted by Gasteiger charge is 1.88. The molecule has 48 valence electrons. The Morgan fingerprint density at radius 1 is 1.56 bits per heavy atom. The van der Waals surface area contributed by atoms with E-state index in [4.69, 9.17) is 5.73 Å². The number of nitrogens with zero attached hydrogens (tertiary/aromatic N) is 1. The van der Waals surface area contributed by atoms with Crippen molar-refractivity contribution in [1.82, 2.24) is 4.98 Å². The van der Waals surface area contributed by atoms with Crippen LogP contribution in [0.25, 0.3) is 0 Å². The van der Waals surface area contributed by atoms with Crippen molar-refractivity contribution in [3.8, 4) is 0 Å². The summed E-state index contributed by atoms with van der Waals surface area (Å²) in [4.78, 5) is 4.02. The number of hydrogen-bond acceptors (Lipinski definition) is 2. The first-order valence-electron chi connectivity index (χ1n) is 2.60. The van der Waals surface area contributed by atoms with Crippen molar-refractivity contribution in [3.63, 3.8) is 0 Å². The molecule has 0 fully saturated rings. The van der Waals surface area contributed by atoms with Gasteiger partial charge in [0.15, 0.2) is 0 Å². The highest BCUT2D eigenvalue weighted by atomic mass is 79.9. The van der Waals surface area contributed by atoms with Crippen LogP contribution in [0.5, 0.6) is 0 Å². The summed E-state index contributed by atoms with van der Waals surface area (Å²) in [6.45, 7) is 0. The maximum atomic E-state index is 5.40. The minimum Gasteiger partial charge on any atom is -0.384 e. The van der Waals surface area contributed by atoms with Gasteiger partial charge in [0.05, 0.1) is 5.69 Å². The van der Waals surface area contributed by atoms with Gasteiger partial charge in [0.2, 0.25) is 0 Å². The summed E-state index contributed by atoms with van der Waals surface area (Å²) in [6.07, 6.45) is 0. The fraction of sp³-hybridized carbons (Fsp3) is 0.167. The standard InChI is InChI=1S/C6H7BrN2/c7-4-5-2-1-3-6(8)9-5/h1-3H,4H2,(H2,8,9). The van der Waals surface area contributed by atoms with Gasteiger partial charge in [0, 0.05) is 5.33 Å². The van der Waals surface area contributed by atoms with Crippen molar-refractivity contribution < 1.29 is 0 Å². The Kier molecular flexibility index (Phi) is 2.05. The van der Waals surface area contributed by atoms with Crippen molar-refractivity contribution in [3.05, 3.63) is 23.9 Å². The normalized spacial score (nSPS) is 9.44. The van der Waals surface area contributed by atoms with E-state index in [1.165, 1.54) is 0 Å². The fourth-order valence-electron chi connectivity index (χ4n) is 0.573. The van der Waals surface area contributed by atoms with Crippen LogP contribution in [0, 0.1) is 0 Å². The third-order valence-corrected chi connectivity index (χ3v) is 1.54. The molecule has 0 amide bonds. The molecule has 0 unspecified atom stereocenters. The lowest BCUT2D eigenvalue weighted by Crippen LogP contribution is -1.91. The molecule has 1 rings (SSSR count). The molecule has 2 N–H and O–H groups in total. The summed E-state index contributed by atoms with van der Waals surface area (Å²) in [7, 11) is 0. The molecule has 9 heavy (non-hydrogen) atoms. The Morgan fingerprint density at radius 3 is 2.78 bits per heavy atom. The first kappa shape index (κ1) is 6.55. The van der Waals surface area contributed by atoms with Gasteiger partial charge < -0.3 is 5.73 Å². The van der Waals surface area contributed by atoms with Gasteiger partial charge in [-0.1, -0.05) is 22.0 Å². The molecule has 0 aliphatic heterocycles. The zero-order valence-corrected chi connectivity index (χ0v) is 6.43. The lowest BCUT2D eigenvalue weighted by Gasteiger charge is -1.93. The topological polar surface area (TPSA) is 38.9 Å². The van der Waals surface area contributed by atoms with Crippen molar-refractivity contribution in [1.29, 1.82) is 0 Å². The highest BCUT2D eigenvalue weighted by Crippen LogP contribution is 2.03. The van der Waals surface area contributed by atoms with Crippen molar-refractivity contribution >= 4 is 21.7 Å². The third-order valence-electron chi connectivity index (χ3n) is 0.965. The Bertz CT molecular complexity index is 200. The summed E-state index contributed by atoms with van der Waals surface area (Å²) in [5, 5.41) is 0.762. The van der Waals surface area contributed by atoms with E-state index in [1.807, 2.05) is 12.1 Å². The van der Waals surface area contributed by atoms with Crippen LogP contribution in [-0.4, -0.2) is 4.98 Å². The maximum absolute atomic E-state index is 5.40. The van der Waals surface area contributed by atoms with Gasteiger partial charge in [-0.3, -0.25) is 0 Å². The van der Waals surface area contributed by atoms with Crippen LogP contribution in [-0.2, 0) is 5.33 Å². The lowest BCUT2D eigenvalue weighted by atomic mass is 10.4. The molecule has 0 aliphatic rings. The Hall–Kier alpha value is -0.570. The van der Waals surface area contributed by atoms with E-state index in [0.29, 0.717) is 5.82 Å². The molecule has 1 heterocycles. The second kappa shape index (κ2) is 2.82. The van der Waals surface area contributed by atoms with Crippen LogP contribution in [0.3, 0.4) is 0 Å². The average Bonchev–Trinajstić information content (AvgIpc) is 1.88. The van der Waals surface area contributed by atoms with Gasteiger partial charge in [0.25, 0.3) is 0 Å². The van der Waals surface area contributed by atoms with E-state index >= 15 is 0 Å². The summed E-state index contributed by atoms with van der Waals surface area (Å²) in [5.74, 6) is 0.576. The number of pyridine rings is 1. The lowest BCUT2D eigenvalue weighted by molar-refractivity contribution is 1.19. The SMILES string of the molecule is Nc1cccc(CBr)n1. The number of anilines is 1. The number of hydrogen-bond donors (Lipinski definition) is 1. The average molecular weight is 187 g/mol. The van der Waals surface area contributed by atoms with Crippen molar-refractivity contribution in [2.75, 3.05) is 5.73 Å². The molecular formula is C6H7BrN2. The molecular weight excluding hydrogens is 180 g/mol. The Labute approximate surface area is 62.2 Å². The predicted molar refractivity (Wildman–Crippen MR) is 41.3 cm³/mol. The first-order valence-corrected chi connectivity index (χ1v) is 3.72. The second-order valence-electron chi connectivity index (χ2n) is 1.69. The predicted octanol–water partition coefficient (Wildman–Crippen LogP) is 1.56. The Morgan fingerprint density at radius 2 is 2.33 bits per heavy atom. The molecule has 3 heteroatoms. The van der Waals surface area contributed by atoms with Gasteiger partial charge in [-0.2, -0.15) is 0 Å². The monoisotopic (exact) mass is 186 g/mol. The minimum absolute atomic E-state index is 0.576. The molecule has 0 spiro atoms. The van der Waals surface area contributed by atoms with E-state index in [2.05, 4.69) is 20.9 Å². The van der Waals surface area contributed by atoms with Crippen LogP contribution in [0.15, 0.2) is 18.2 Å². The van der Waals surface area contributed by atoms with Gasteiger partial charge >= 0.3 is 0 Å². The third kappa shape index (κ3) is 1.68. The summed E-state index contributed by atoms with van der Waals surface area (Å²) in [5.41, 5.74) is 6.37. The van der Waals surface area contributed by atoms with E-state index in [1.54, 1.807) is 6.07 Å². The summed E-state index contributed by atoms with van der Waals surface area (Å²) < 4.78 is 0. The van der Waals surface area contributed by atoms with E-state index in [-0.39, 0.29) is 0 Å². The fourth-order valence-corrected chi connectivity index (χ4v) is 0.885. The summed E-state index contributed by atoms with van der Waals surface area (Å²) >= 11 is 3.27. The number of nitrogen functional groups attached to an aromatic ring is 1. The minimum atomic E-state index is 0.576. The van der Waals surface area contributed by atoms with Gasteiger partial charge in [0.1, 0.15) is 5.82 Å². The zero-order chi connectivity index (χ0) is 6.69. The van der Waals surface area contributed by atoms with Crippen LogP contribution in [0.4, 0.5) is 5.82 Å². The van der Waals surface area contributed by atoms with E-state index in [9.17, 15) is 0 Å². The molecule has 1 aromatic heterocycles. The molecule has 0 bridgehead atoms. The van der Waals surface area contributed by atoms with Crippen LogP contribution in [0.2, 0.25) is 0 Å². The van der Waals surface area contributed by atoms with Gasteiger partial charge in [-0.05, 0) is 12.1 Å².